The topological polar surface area (TPSA) is 93.0 Å². The summed E-state index contributed by atoms with van der Waals surface area (Å²) in [7, 11) is 0. The summed E-state index contributed by atoms with van der Waals surface area (Å²) in [6.07, 6.45) is 5.57. The van der Waals surface area contributed by atoms with E-state index in [1.165, 1.54) is 6.21 Å². The predicted octanol–water partition coefficient (Wildman–Crippen LogP) is 3.13. The van der Waals surface area contributed by atoms with Gasteiger partial charge in [-0.05, 0) is 53.4 Å². The van der Waals surface area contributed by atoms with Gasteiger partial charge in [-0.3, -0.25) is 10.3 Å². The molecular formula is C23H35FN6O3. The molecule has 2 fully saturated rings. The highest BCUT2D eigenvalue weighted by Gasteiger charge is 2.30. The van der Waals surface area contributed by atoms with Crippen molar-refractivity contribution in [3.05, 3.63) is 23.5 Å². The molecule has 1 unspecified atom stereocenters. The number of nitrogens with zero attached hydrogens (tertiary/aromatic N) is 4. The summed E-state index contributed by atoms with van der Waals surface area (Å²) in [4.78, 5) is 22.8. The second-order valence-corrected chi connectivity index (χ2v) is 9.86. The van der Waals surface area contributed by atoms with Gasteiger partial charge in [0.1, 0.15) is 17.1 Å². The van der Waals surface area contributed by atoms with Crippen LogP contribution in [0, 0.1) is 6.92 Å². The Balaban J connectivity index is 1.37. The third-order valence-corrected chi connectivity index (χ3v) is 6.19. The van der Waals surface area contributed by atoms with Crippen LogP contribution in [0.3, 0.4) is 0 Å². The van der Waals surface area contributed by atoms with Gasteiger partial charge in [0.2, 0.25) is 0 Å². The first kappa shape index (κ1) is 23.7. The number of allylic oxidation sites excluding steroid dienone is 1. The van der Waals surface area contributed by atoms with Crippen LogP contribution in [-0.2, 0) is 9.47 Å². The molecule has 0 bridgehead atoms. The van der Waals surface area contributed by atoms with Crippen LogP contribution in [0.25, 0.3) is 5.70 Å². The van der Waals surface area contributed by atoms with Gasteiger partial charge in [-0.25, -0.2) is 14.2 Å². The molecule has 0 radical (unpaired) electrons. The molecule has 2 saturated heterocycles. The quantitative estimate of drug-likeness (QED) is 0.714. The molecule has 1 amide bonds. The van der Waals surface area contributed by atoms with Gasteiger partial charge in [-0.15, -0.1) is 0 Å². The lowest BCUT2D eigenvalue weighted by Crippen LogP contribution is -2.52. The van der Waals surface area contributed by atoms with Crippen molar-refractivity contribution in [2.45, 2.75) is 77.4 Å². The van der Waals surface area contributed by atoms with Crippen molar-refractivity contribution in [1.82, 2.24) is 25.1 Å². The van der Waals surface area contributed by atoms with Crippen LogP contribution >= 0.6 is 0 Å². The van der Waals surface area contributed by atoms with E-state index in [1.54, 1.807) is 11.1 Å². The maximum absolute atomic E-state index is 14.8. The van der Waals surface area contributed by atoms with Crippen molar-refractivity contribution in [2.75, 3.05) is 26.3 Å². The Morgan fingerprint density at radius 1 is 1.24 bits per heavy atom. The third kappa shape index (κ3) is 5.73. The largest absolute Gasteiger partial charge is 0.444 e. The predicted molar refractivity (Wildman–Crippen MR) is 123 cm³/mol. The average molecular weight is 463 g/mol. The number of likely N-dealkylation sites (tertiary alicyclic amines) is 1. The van der Waals surface area contributed by atoms with Crippen LogP contribution in [0.1, 0.15) is 64.0 Å². The number of carbonyl (C=O) groups excluding carboxylic acids is 1. The van der Waals surface area contributed by atoms with Crippen LogP contribution in [0.4, 0.5) is 9.18 Å². The Kier molecular flexibility index (Phi) is 7.04. The molecule has 4 rings (SSSR count). The van der Waals surface area contributed by atoms with Crippen LogP contribution in [0.2, 0.25) is 0 Å². The SMILES string of the molecule is Cc1ncc(C2=C(F)C=NC(NC3CCN(C(=O)OC(C)(C)C)CC3)N2)n1C1CCOCC1. The van der Waals surface area contributed by atoms with Crippen LogP contribution in [-0.4, -0.2) is 71.0 Å². The molecule has 3 aliphatic rings. The maximum Gasteiger partial charge on any atom is 0.410 e. The van der Waals surface area contributed by atoms with Crippen molar-refractivity contribution in [2.24, 2.45) is 4.99 Å². The van der Waals surface area contributed by atoms with E-state index in [0.717, 1.165) is 37.2 Å². The number of amides is 1. The lowest BCUT2D eigenvalue weighted by molar-refractivity contribution is 0.0195. The van der Waals surface area contributed by atoms with Gasteiger partial charge >= 0.3 is 6.09 Å². The number of ether oxygens (including phenoxy) is 2. The van der Waals surface area contributed by atoms with Gasteiger partial charge in [0.15, 0.2) is 12.1 Å². The van der Waals surface area contributed by atoms with Crippen molar-refractivity contribution in [3.63, 3.8) is 0 Å². The Bertz CT molecular complexity index is 908. The Hall–Kier alpha value is -2.46. The van der Waals surface area contributed by atoms with Crippen molar-refractivity contribution < 1.29 is 18.7 Å². The fourth-order valence-electron chi connectivity index (χ4n) is 4.55. The Morgan fingerprint density at radius 3 is 2.61 bits per heavy atom. The van der Waals surface area contributed by atoms with Crippen molar-refractivity contribution >= 4 is 18.0 Å². The molecule has 33 heavy (non-hydrogen) atoms. The summed E-state index contributed by atoms with van der Waals surface area (Å²) in [5.41, 5.74) is 0.630. The molecule has 3 aliphatic heterocycles. The fraction of sp³-hybridized carbons (Fsp3) is 0.696. The van der Waals surface area contributed by atoms with Crippen molar-refractivity contribution in [3.8, 4) is 0 Å². The highest BCUT2D eigenvalue weighted by molar-refractivity contribution is 5.89. The van der Waals surface area contributed by atoms with E-state index in [2.05, 4.69) is 25.2 Å². The molecule has 0 spiro atoms. The molecular weight excluding hydrogens is 427 g/mol. The summed E-state index contributed by atoms with van der Waals surface area (Å²) in [6.45, 7) is 10.2. The van der Waals surface area contributed by atoms with Crippen LogP contribution < -0.4 is 10.6 Å². The van der Waals surface area contributed by atoms with Crippen LogP contribution in [0.15, 0.2) is 17.0 Å². The van der Waals surface area contributed by atoms with Crippen LogP contribution in [0.5, 0.6) is 0 Å². The molecule has 1 aromatic heterocycles. The number of imidazole rings is 1. The molecule has 1 atom stereocenters. The van der Waals surface area contributed by atoms with Gasteiger partial charge in [0.25, 0.3) is 0 Å². The molecule has 2 N–H and O–H groups in total. The minimum absolute atomic E-state index is 0.155. The lowest BCUT2D eigenvalue weighted by atomic mass is 10.1. The summed E-state index contributed by atoms with van der Waals surface area (Å²) < 4.78 is 27.9. The van der Waals surface area contributed by atoms with Gasteiger partial charge in [0.05, 0.1) is 18.1 Å². The molecule has 0 aromatic carbocycles. The van der Waals surface area contributed by atoms with Crippen molar-refractivity contribution in [1.29, 1.82) is 0 Å². The summed E-state index contributed by atoms with van der Waals surface area (Å²) in [5.74, 6) is 0.460. The summed E-state index contributed by atoms with van der Waals surface area (Å²) >= 11 is 0. The zero-order valence-corrected chi connectivity index (χ0v) is 19.9. The smallest absolute Gasteiger partial charge is 0.410 e. The molecule has 9 nitrogen and oxygen atoms in total. The minimum Gasteiger partial charge on any atom is -0.444 e. The first-order chi connectivity index (χ1) is 15.7. The van der Waals surface area contributed by atoms with Gasteiger partial charge in [0, 0.05) is 38.4 Å². The Morgan fingerprint density at radius 2 is 1.94 bits per heavy atom. The van der Waals surface area contributed by atoms with Gasteiger partial charge in [-0.2, -0.15) is 0 Å². The van der Waals surface area contributed by atoms with E-state index in [1.807, 2.05) is 27.7 Å². The number of halogens is 1. The first-order valence-electron chi connectivity index (χ1n) is 11.8. The fourth-order valence-corrected chi connectivity index (χ4v) is 4.55. The molecule has 4 heterocycles. The van der Waals surface area contributed by atoms with Gasteiger partial charge < -0.3 is 24.3 Å². The van der Waals surface area contributed by atoms with E-state index in [0.29, 0.717) is 32.0 Å². The molecule has 0 aliphatic carbocycles. The Labute approximate surface area is 194 Å². The normalized spacial score (nSPS) is 23.1. The van der Waals surface area contributed by atoms with Gasteiger partial charge in [-0.1, -0.05) is 0 Å². The second kappa shape index (κ2) is 9.80. The number of aryl methyl sites for hydroxylation is 1. The number of carbonyl (C=O) groups is 1. The maximum atomic E-state index is 14.8. The van der Waals surface area contributed by atoms with E-state index >= 15 is 0 Å². The number of hydrogen-bond acceptors (Lipinski definition) is 7. The highest BCUT2D eigenvalue weighted by Crippen LogP contribution is 2.29. The molecule has 10 heteroatoms. The summed E-state index contributed by atoms with van der Waals surface area (Å²) in [6, 6.07) is 0.392. The number of hydrogen-bond donors (Lipinski definition) is 2. The number of piperidine rings is 1. The zero-order chi connectivity index (χ0) is 23.6. The minimum atomic E-state index is -0.505. The highest BCUT2D eigenvalue weighted by atomic mass is 19.1. The van der Waals surface area contributed by atoms with E-state index in [4.69, 9.17) is 9.47 Å². The number of aliphatic imine (C=N–C) groups is 1. The lowest BCUT2D eigenvalue weighted by Gasteiger charge is -2.35. The van der Waals surface area contributed by atoms with E-state index in [9.17, 15) is 9.18 Å². The molecule has 0 saturated carbocycles. The summed E-state index contributed by atoms with van der Waals surface area (Å²) in [5, 5.41) is 6.68. The monoisotopic (exact) mass is 462 g/mol. The first-order valence-corrected chi connectivity index (χ1v) is 11.8. The molecule has 182 valence electrons. The number of aromatic nitrogens is 2. The molecule has 1 aromatic rings. The van der Waals surface area contributed by atoms with E-state index < -0.39 is 17.7 Å². The second-order valence-electron chi connectivity index (χ2n) is 9.86. The third-order valence-electron chi connectivity index (χ3n) is 6.19. The van der Waals surface area contributed by atoms with E-state index in [-0.39, 0.29) is 18.2 Å². The number of rotatable bonds is 4. The standard InChI is InChI=1S/C23H35FN6O3/c1-15-25-14-19(30(15)17-7-11-32-12-8-17)20-18(24)13-26-21(28-20)27-16-5-9-29(10-6-16)22(31)33-23(2,3)4/h13-14,16-17,21,27-28H,5-12H2,1-4H3. The number of nitrogens with one attached hydrogen (secondary N) is 2. The average Bonchev–Trinajstić information content (AvgIpc) is 3.16. The zero-order valence-electron chi connectivity index (χ0n) is 19.9.